The van der Waals surface area contributed by atoms with Gasteiger partial charge in [-0.05, 0) is 12.1 Å². The lowest BCUT2D eigenvalue weighted by atomic mass is 10.2. The van der Waals surface area contributed by atoms with Crippen LogP contribution >= 0.6 is 0 Å². The summed E-state index contributed by atoms with van der Waals surface area (Å²) >= 11 is 0. The van der Waals surface area contributed by atoms with Crippen LogP contribution in [0.3, 0.4) is 0 Å². The normalized spacial score (nSPS) is 15.0. The fraction of sp³-hybridized carbons (Fsp3) is 0.278. The molecule has 0 radical (unpaired) electrons. The number of ether oxygens (including phenoxy) is 2. The third-order valence-corrected chi connectivity index (χ3v) is 4.35. The Labute approximate surface area is 155 Å². The lowest BCUT2D eigenvalue weighted by Gasteiger charge is -2.26. The molecule has 1 fully saturated rings. The van der Waals surface area contributed by atoms with Gasteiger partial charge in [-0.1, -0.05) is 12.1 Å². The Bertz CT molecular complexity index is 981. The number of fused-ring (bicyclic) bond motifs is 1. The van der Waals surface area contributed by atoms with Crippen molar-refractivity contribution in [3.05, 3.63) is 42.2 Å². The minimum Gasteiger partial charge on any atom is -0.477 e. The summed E-state index contributed by atoms with van der Waals surface area (Å²) in [6.07, 6.45) is 1.61. The lowest BCUT2D eigenvalue weighted by molar-refractivity contribution is 0.0492. The van der Waals surface area contributed by atoms with Gasteiger partial charge < -0.3 is 19.1 Å². The van der Waals surface area contributed by atoms with Crippen LogP contribution in [0.15, 0.2) is 36.5 Å². The Morgan fingerprint density at radius 1 is 1.30 bits per heavy atom. The predicted molar refractivity (Wildman–Crippen MR) is 98.0 cm³/mol. The SMILES string of the molecule is Cn1c(C(=O)O)cc2cccc(Oc3ccnc(NN4CCOCC4)n3)c21. The summed E-state index contributed by atoms with van der Waals surface area (Å²) in [6, 6.07) is 8.73. The van der Waals surface area contributed by atoms with Crippen molar-refractivity contribution in [3.8, 4) is 11.6 Å². The zero-order valence-electron chi connectivity index (χ0n) is 14.8. The van der Waals surface area contributed by atoms with E-state index < -0.39 is 5.97 Å². The summed E-state index contributed by atoms with van der Waals surface area (Å²) in [4.78, 5) is 20.0. The summed E-state index contributed by atoms with van der Waals surface area (Å²) in [7, 11) is 1.70. The molecule has 9 heteroatoms. The Hall–Kier alpha value is -3.17. The number of hydrazine groups is 1. The van der Waals surface area contributed by atoms with Crippen LogP contribution in [0.5, 0.6) is 11.6 Å². The van der Waals surface area contributed by atoms with E-state index >= 15 is 0 Å². The first-order valence-electron chi connectivity index (χ1n) is 8.54. The number of para-hydroxylation sites is 1. The van der Waals surface area contributed by atoms with Gasteiger partial charge in [0, 0.05) is 37.8 Å². The molecule has 0 spiro atoms. The number of aromatic nitrogens is 3. The largest absolute Gasteiger partial charge is 0.477 e. The lowest BCUT2D eigenvalue weighted by Crippen LogP contribution is -2.40. The van der Waals surface area contributed by atoms with Crippen LogP contribution in [0, 0.1) is 0 Å². The molecule has 140 valence electrons. The highest BCUT2D eigenvalue weighted by Gasteiger charge is 2.16. The van der Waals surface area contributed by atoms with Crippen molar-refractivity contribution >= 4 is 22.8 Å². The van der Waals surface area contributed by atoms with Gasteiger partial charge in [-0.3, -0.25) is 5.43 Å². The highest BCUT2D eigenvalue weighted by molar-refractivity contribution is 5.96. The maximum Gasteiger partial charge on any atom is 0.352 e. The molecule has 0 aliphatic carbocycles. The molecule has 3 heterocycles. The number of nitrogens with one attached hydrogen (secondary N) is 1. The number of rotatable bonds is 5. The summed E-state index contributed by atoms with van der Waals surface area (Å²) in [5.41, 5.74) is 4.03. The molecule has 0 amide bonds. The van der Waals surface area contributed by atoms with Crippen LogP contribution in [0.1, 0.15) is 10.5 Å². The van der Waals surface area contributed by atoms with Gasteiger partial charge in [-0.15, -0.1) is 0 Å². The smallest absolute Gasteiger partial charge is 0.352 e. The maximum absolute atomic E-state index is 11.4. The molecule has 27 heavy (non-hydrogen) atoms. The van der Waals surface area contributed by atoms with E-state index in [1.165, 1.54) is 0 Å². The van der Waals surface area contributed by atoms with Crippen molar-refractivity contribution in [3.63, 3.8) is 0 Å². The second-order valence-corrected chi connectivity index (χ2v) is 6.12. The molecule has 2 aromatic heterocycles. The van der Waals surface area contributed by atoms with Gasteiger partial charge >= 0.3 is 5.97 Å². The molecule has 9 nitrogen and oxygen atoms in total. The van der Waals surface area contributed by atoms with E-state index in [4.69, 9.17) is 9.47 Å². The summed E-state index contributed by atoms with van der Waals surface area (Å²) < 4.78 is 12.9. The number of aromatic carboxylic acids is 1. The number of carboxylic acid groups (broad SMARTS) is 1. The highest BCUT2D eigenvalue weighted by Crippen LogP contribution is 2.31. The minimum atomic E-state index is -0.987. The van der Waals surface area contributed by atoms with Gasteiger partial charge in [-0.2, -0.15) is 4.98 Å². The fourth-order valence-electron chi connectivity index (χ4n) is 3.05. The van der Waals surface area contributed by atoms with Crippen molar-refractivity contribution in [1.29, 1.82) is 0 Å². The number of aryl methyl sites for hydroxylation is 1. The first kappa shape index (κ1) is 17.3. The second kappa shape index (κ2) is 7.22. The number of hydrogen-bond donors (Lipinski definition) is 2. The van der Waals surface area contributed by atoms with E-state index in [0.29, 0.717) is 36.3 Å². The van der Waals surface area contributed by atoms with Crippen molar-refractivity contribution in [2.75, 3.05) is 31.7 Å². The molecule has 1 aromatic carbocycles. The number of nitrogens with zero attached hydrogens (tertiary/aromatic N) is 4. The molecule has 3 aromatic rings. The first-order chi connectivity index (χ1) is 13.1. The van der Waals surface area contributed by atoms with Gasteiger partial charge in [0.1, 0.15) is 5.69 Å². The molecule has 0 saturated carbocycles. The average molecular weight is 369 g/mol. The molecule has 0 atom stereocenters. The van der Waals surface area contributed by atoms with Crippen LogP contribution in [0.25, 0.3) is 10.9 Å². The van der Waals surface area contributed by atoms with E-state index in [2.05, 4.69) is 15.4 Å². The van der Waals surface area contributed by atoms with Gasteiger partial charge in [-0.25, -0.2) is 14.8 Å². The molecule has 0 bridgehead atoms. The quantitative estimate of drug-likeness (QED) is 0.705. The van der Waals surface area contributed by atoms with Crippen molar-refractivity contribution < 1.29 is 19.4 Å². The molecular weight excluding hydrogens is 350 g/mol. The van der Waals surface area contributed by atoms with Gasteiger partial charge in [0.05, 0.1) is 18.7 Å². The predicted octanol–water partition coefficient (Wildman–Crippen LogP) is 2.12. The van der Waals surface area contributed by atoms with E-state index in [1.54, 1.807) is 36.0 Å². The topological polar surface area (TPSA) is 102 Å². The standard InChI is InChI=1S/C18H19N5O4/c1-22-13(17(24)25)11-12-3-2-4-14(16(12)22)27-15-5-6-19-18(20-15)21-23-7-9-26-10-8-23/h2-6,11H,7-10H2,1H3,(H,24,25)(H,19,20,21). The number of carbonyl (C=O) groups is 1. The van der Waals surface area contributed by atoms with E-state index in [-0.39, 0.29) is 5.69 Å². The van der Waals surface area contributed by atoms with Crippen molar-refractivity contribution in [2.45, 2.75) is 0 Å². The van der Waals surface area contributed by atoms with Crippen LogP contribution < -0.4 is 10.2 Å². The number of carboxylic acids is 1. The molecule has 4 rings (SSSR count). The third-order valence-electron chi connectivity index (χ3n) is 4.35. The molecule has 2 N–H and O–H groups in total. The Balaban J connectivity index is 1.60. The van der Waals surface area contributed by atoms with Crippen molar-refractivity contribution in [2.24, 2.45) is 7.05 Å². The number of anilines is 1. The Morgan fingerprint density at radius 2 is 2.11 bits per heavy atom. The third kappa shape index (κ3) is 3.55. The average Bonchev–Trinajstić information content (AvgIpc) is 3.01. The van der Waals surface area contributed by atoms with Gasteiger partial charge in [0.25, 0.3) is 0 Å². The molecule has 0 unspecified atom stereocenters. The second-order valence-electron chi connectivity index (χ2n) is 6.12. The number of hydrogen-bond acceptors (Lipinski definition) is 7. The van der Waals surface area contributed by atoms with E-state index in [0.717, 1.165) is 18.5 Å². The summed E-state index contributed by atoms with van der Waals surface area (Å²) in [5.74, 6) is 0.336. The van der Waals surface area contributed by atoms with Gasteiger partial charge in [0.2, 0.25) is 11.8 Å². The summed E-state index contributed by atoms with van der Waals surface area (Å²) in [6.45, 7) is 2.80. The molecule has 1 aliphatic rings. The zero-order chi connectivity index (χ0) is 18.8. The number of benzene rings is 1. The van der Waals surface area contributed by atoms with E-state index in [9.17, 15) is 9.90 Å². The zero-order valence-corrected chi connectivity index (χ0v) is 14.8. The maximum atomic E-state index is 11.4. The summed E-state index contributed by atoms with van der Waals surface area (Å²) in [5, 5.41) is 12.1. The van der Waals surface area contributed by atoms with Crippen molar-refractivity contribution in [1.82, 2.24) is 19.5 Å². The highest BCUT2D eigenvalue weighted by atomic mass is 16.5. The van der Waals surface area contributed by atoms with Crippen LogP contribution in [0.2, 0.25) is 0 Å². The Morgan fingerprint density at radius 3 is 2.89 bits per heavy atom. The minimum absolute atomic E-state index is 0.193. The first-order valence-corrected chi connectivity index (χ1v) is 8.54. The van der Waals surface area contributed by atoms with E-state index in [1.807, 2.05) is 17.1 Å². The fourth-order valence-corrected chi connectivity index (χ4v) is 3.05. The Kier molecular flexibility index (Phi) is 4.61. The van der Waals surface area contributed by atoms with Gasteiger partial charge in [0.15, 0.2) is 5.75 Å². The van der Waals surface area contributed by atoms with Crippen LogP contribution in [-0.2, 0) is 11.8 Å². The molecular formula is C18H19N5O4. The van der Waals surface area contributed by atoms with Crippen LogP contribution in [-0.4, -0.2) is 56.9 Å². The monoisotopic (exact) mass is 369 g/mol. The number of morpholine rings is 1. The molecule has 1 saturated heterocycles. The van der Waals surface area contributed by atoms with Crippen LogP contribution in [0.4, 0.5) is 5.95 Å². The molecule has 1 aliphatic heterocycles.